The summed E-state index contributed by atoms with van der Waals surface area (Å²) in [4.78, 5) is 49.2. The fourth-order valence-electron chi connectivity index (χ4n) is 6.77. The monoisotopic (exact) mass is 532 g/mol. The number of rotatable bonds is 14. The number of carbonyl (C=O) groups is 3. The number of fused-ring (bicyclic) bond motifs is 1. The van der Waals surface area contributed by atoms with E-state index >= 15 is 0 Å². The molecule has 38 heavy (non-hydrogen) atoms. The molecule has 10 heteroatoms. The van der Waals surface area contributed by atoms with Gasteiger partial charge in [0.15, 0.2) is 0 Å². The number of hydrogen-bond donors (Lipinski definition) is 1. The number of hydrogen-bond acceptors (Lipinski definition) is 7. The van der Waals surface area contributed by atoms with Gasteiger partial charge in [0.05, 0.1) is 31.2 Å². The van der Waals surface area contributed by atoms with Crippen molar-refractivity contribution in [1.29, 1.82) is 0 Å². The number of likely N-dealkylation sites (tertiary alicyclic amines) is 1. The highest BCUT2D eigenvalue weighted by molar-refractivity contribution is 5.99. The van der Waals surface area contributed by atoms with Gasteiger partial charge in [0.2, 0.25) is 17.7 Å². The molecule has 0 aromatic heterocycles. The van der Waals surface area contributed by atoms with Crippen molar-refractivity contribution in [2.45, 2.75) is 49.9 Å². The molecule has 0 aromatic carbocycles. The predicted molar refractivity (Wildman–Crippen MR) is 142 cm³/mol. The molecule has 0 aliphatic carbocycles. The van der Waals surface area contributed by atoms with Crippen LogP contribution in [0.25, 0.3) is 0 Å². The van der Waals surface area contributed by atoms with Crippen LogP contribution in [0.2, 0.25) is 0 Å². The van der Waals surface area contributed by atoms with Crippen molar-refractivity contribution in [3.63, 3.8) is 0 Å². The lowest BCUT2D eigenvalue weighted by molar-refractivity contribution is -0.148. The smallest absolute Gasteiger partial charge is 0.248 e. The van der Waals surface area contributed by atoms with E-state index in [2.05, 4.69) is 18.1 Å². The molecule has 212 valence electrons. The molecule has 2 bridgehead atoms. The number of unbranched alkanes of at least 4 members (excludes halogenated alkanes) is 2. The Bertz CT molecular complexity index is 893. The van der Waals surface area contributed by atoms with Gasteiger partial charge in [0.25, 0.3) is 0 Å². The summed E-state index contributed by atoms with van der Waals surface area (Å²) in [5.41, 5.74) is -0.996. The second-order valence-corrected chi connectivity index (χ2v) is 10.9. The number of ether oxygens (including phenoxy) is 2. The van der Waals surface area contributed by atoms with Crippen molar-refractivity contribution in [3.05, 3.63) is 25.3 Å². The second-order valence-electron chi connectivity index (χ2n) is 10.9. The van der Waals surface area contributed by atoms with Crippen LogP contribution in [-0.4, -0.2) is 133 Å². The molecule has 4 aliphatic heterocycles. The maximum Gasteiger partial charge on any atom is 0.248 e. The molecule has 4 aliphatic rings. The Hall–Kier alpha value is -2.27. The summed E-state index contributed by atoms with van der Waals surface area (Å²) < 4.78 is 12.0. The maximum absolute atomic E-state index is 14.3. The Morgan fingerprint density at radius 1 is 1.11 bits per heavy atom. The molecule has 10 nitrogen and oxygen atoms in total. The summed E-state index contributed by atoms with van der Waals surface area (Å²) in [7, 11) is 1.72. The summed E-state index contributed by atoms with van der Waals surface area (Å²) >= 11 is 0. The zero-order valence-electron chi connectivity index (χ0n) is 22.8. The van der Waals surface area contributed by atoms with Crippen LogP contribution in [0.3, 0.4) is 0 Å². The lowest BCUT2D eigenvalue weighted by Gasteiger charge is -2.37. The molecule has 4 fully saturated rings. The Morgan fingerprint density at radius 3 is 2.53 bits per heavy atom. The Balaban J connectivity index is 1.60. The quantitative estimate of drug-likeness (QED) is 0.257. The van der Waals surface area contributed by atoms with E-state index in [-0.39, 0.29) is 30.4 Å². The number of amides is 3. The van der Waals surface area contributed by atoms with Crippen molar-refractivity contribution in [2.75, 3.05) is 72.7 Å². The number of aliphatic hydroxyl groups is 1. The van der Waals surface area contributed by atoms with Gasteiger partial charge in [-0.05, 0) is 32.1 Å². The van der Waals surface area contributed by atoms with Gasteiger partial charge in [-0.3, -0.25) is 19.3 Å². The third-order valence-electron chi connectivity index (χ3n) is 8.61. The van der Waals surface area contributed by atoms with Crippen LogP contribution in [0.15, 0.2) is 25.3 Å². The summed E-state index contributed by atoms with van der Waals surface area (Å²) in [6.07, 6.45) is 6.32. The fourth-order valence-corrected chi connectivity index (χ4v) is 6.77. The number of likely N-dealkylation sites (N-methyl/N-ethyl adjacent to an activating group) is 1. The van der Waals surface area contributed by atoms with Crippen molar-refractivity contribution >= 4 is 17.7 Å². The third kappa shape index (κ3) is 5.41. The van der Waals surface area contributed by atoms with Crippen LogP contribution >= 0.6 is 0 Å². The molecular weight excluding hydrogens is 488 g/mol. The minimum atomic E-state index is -0.996. The van der Waals surface area contributed by atoms with Crippen LogP contribution in [-0.2, 0) is 23.9 Å². The van der Waals surface area contributed by atoms with Gasteiger partial charge in [-0.2, -0.15) is 0 Å². The average molecular weight is 533 g/mol. The van der Waals surface area contributed by atoms with E-state index in [1.165, 1.54) is 0 Å². The van der Waals surface area contributed by atoms with Crippen molar-refractivity contribution in [1.82, 2.24) is 19.6 Å². The van der Waals surface area contributed by atoms with E-state index in [0.29, 0.717) is 71.6 Å². The van der Waals surface area contributed by atoms with E-state index in [0.717, 1.165) is 19.5 Å². The number of morpholine rings is 1. The Morgan fingerprint density at radius 2 is 1.84 bits per heavy atom. The Labute approximate surface area is 226 Å². The molecular formula is C28H44N4O6. The summed E-state index contributed by atoms with van der Waals surface area (Å²) in [6.45, 7) is 13.1. The molecule has 2 unspecified atom stereocenters. The first-order valence-electron chi connectivity index (χ1n) is 14.0. The van der Waals surface area contributed by atoms with E-state index in [4.69, 9.17) is 9.47 Å². The van der Waals surface area contributed by atoms with Gasteiger partial charge in [-0.15, -0.1) is 13.2 Å². The first-order chi connectivity index (χ1) is 18.4. The SMILES string of the molecule is C=CCN(C)C(=O)[C@@H]1[C@@H]2CCC3(O2)C(C(=O)N(CC=C)CCN2CCOCC2)N(CCCCCO)C(=O)[C@H]13. The summed E-state index contributed by atoms with van der Waals surface area (Å²) in [5.74, 6) is -1.69. The molecule has 0 aromatic rings. The van der Waals surface area contributed by atoms with Gasteiger partial charge < -0.3 is 29.3 Å². The van der Waals surface area contributed by atoms with Crippen molar-refractivity contribution in [3.8, 4) is 0 Å². The number of carbonyl (C=O) groups excluding carboxylic acids is 3. The highest BCUT2D eigenvalue weighted by Gasteiger charge is 2.74. The highest BCUT2D eigenvalue weighted by atomic mass is 16.5. The molecule has 0 radical (unpaired) electrons. The van der Waals surface area contributed by atoms with Crippen LogP contribution in [0, 0.1) is 11.8 Å². The fraction of sp³-hybridized carbons (Fsp3) is 0.750. The number of nitrogens with zero attached hydrogens (tertiary/aromatic N) is 4. The zero-order valence-corrected chi connectivity index (χ0v) is 22.8. The summed E-state index contributed by atoms with van der Waals surface area (Å²) in [6, 6.07) is -0.772. The van der Waals surface area contributed by atoms with Gasteiger partial charge in [-0.1, -0.05) is 12.2 Å². The number of aliphatic hydroxyl groups excluding tert-OH is 1. The van der Waals surface area contributed by atoms with Gasteiger partial charge in [0, 0.05) is 59.5 Å². The average Bonchev–Trinajstić information content (AvgIpc) is 3.56. The molecule has 1 N–H and O–H groups in total. The first-order valence-corrected chi connectivity index (χ1v) is 14.0. The largest absolute Gasteiger partial charge is 0.396 e. The van der Waals surface area contributed by atoms with Crippen molar-refractivity contribution in [2.24, 2.45) is 11.8 Å². The van der Waals surface area contributed by atoms with Crippen LogP contribution in [0.4, 0.5) is 0 Å². The topological polar surface area (TPSA) is 103 Å². The molecule has 4 rings (SSSR count). The van der Waals surface area contributed by atoms with Crippen LogP contribution in [0.1, 0.15) is 32.1 Å². The predicted octanol–water partition coefficient (Wildman–Crippen LogP) is 0.515. The maximum atomic E-state index is 14.3. The summed E-state index contributed by atoms with van der Waals surface area (Å²) in [5, 5.41) is 9.22. The van der Waals surface area contributed by atoms with Crippen LogP contribution < -0.4 is 0 Å². The molecule has 4 saturated heterocycles. The van der Waals surface area contributed by atoms with E-state index in [1.807, 2.05) is 0 Å². The lowest BCUT2D eigenvalue weighted by Crippen LogP contribution is -2.57. The highest BCUT2D eigenvalue weighted by Crippen LogP contribution is 2.58. The molecule has 1 spiro atoms. The van der Waals surface area contributed by atoms with E-state index < -0.39 is 23.5 Å². The minimum Gasteiger partial charge on any atom is -0.396 e. The third-order valence-corrected chi connectivity index (χ3v) is 8.61. The minimum absolute atomic E-state index is 0.0918. The molecule has 3 amide bonds. The zero-order chi connectivity index (χ0) is 27.3. The van der Waals surface area contributed by atoms with Gasteiger partial charge >= 0.3 is 0 Å². The molecule has 5 atom stereocenters. The van der Waals surface area contributed by atoms with E-state index in [1.54, 1.807) is 33.9 Å². The molecule has 4 heterocycles. The lowest BCUT2D eigenvalue weighted by atomic mass is 9.70. The van der Waals surface area contributed by atoms with Gasteiger partial charge in [0.1, 0.15) is 11.6 Å². The van der Waals surface area contributed by atoms with Gasteiger partial charge in [-0.25, -0.2) is 0 Å². The van der Waals surface area contributed by atoms with Crippen molar-refractivity contribution < 1.29 is 29.0 Å². The normalized spacial score (nSPS) is 30.4. The van der Waals surface area contributed by atoms with E-state index in [9.17, 15) is 19.5 Å². The standard InChI is InChI=1S/C28H44N4O6/c1-4-11-29(3)25(34)22-21-9-10-28(38-21)23(22)26(35)32(13-7-6-8-18-33)24(28)27(36)31(12-5-2)15-14-30-16-19-37-20-17-30/h4-5,21-24,33H,1-2,6-20H2,3H3/t21-,22+,23-,24?,28?/m0/s1. The second kappa shape index (κ2) is 12.7. The Kier molecular flexibility index (Phi) is 9.62. The molecule has 0 saturated carbocycles. The first kappa shape index (κ1) is 28.7. The van der Waals surface area contributed by atoms with Crippen LogP contribution in [0.5, 0.6) is 0 Å².